The van der Waals surface area contributed by atoms with E-state index in [0.717, 1.165) is 6.07 Å². The van der Waals surface area contributed by atoms with Crippen LogP contribution in [-0.4, -0.2) is 21.0 Å². The zero-order valence-corrected chi connectivity index (χ0v) is 13.7. The van der Waals surface area contributed by atoms with Gasteiger partial charge in [0.2, 0.25) is 10.0 Å². The van der Waals surface area contributed by atoms with Gasteiger partial charge in [-0.1, -0.05) is 25.4 Å². The summed E-state index contributed by atoms with van der Waals surface area (Å²) in [6.07, 6.45) is -4.08. The molecule has 0 radical (unpaired) electrons. The molecule has 9 heteroatoms. The molecule has 0 aromatic heterocycles. The van der Waals surface area contributed by atoms with E-state index in [4.69, 9.17) is 17.3 Å². The molecule has 0 unspecified atom stereocenters. The average Bonchev–Trinajstić information content (AvgIpc) is 2.35. The van der Waals surface area contributed by atoms with Gasteiger partial charge in [-0.2, -0.15) is 13.2 Å². The Morgan fingerprint density at radius 3 is 2.32 bits per heavy atom. The van der Waals surface area contributed by atoms with E-state index in [9.17, 15) is 21.6 Å². The van der Waals surface area contributed by atoms with E-state index in [2.05, 4.69) is 4.72 Å². The van der Waals surface area contributed by atoms with Gasteiger partial charge in [0.05, 0.1) is 10.6 Å². The zero-order chi connectivity index (χ0) is 17.1. The molecule has 4 nitrogen and oxygen atoms in total. The number of alkyl halides is 3. The standard InChI is InChI=1S/C13H18ClF3N2O2S/c1-8(2)5-10(7-18)19-22(20,21)12-4-3-9(6-11(12)14)13(15,16)17/h3-4,6,8,10,19H,5,7,18H2,1-2H3/t10-/m0/s1. The summed E-state index contributed by atoms with van der Waals surface area (Å²) in [6, 6.07) is 1.61. The van der Waals surface area contributed by atoms with Gasteiger partial charge < -0.3 is 5.73 Å². The molecule has 0 aliphatic heterocycles. The van der Waals surface area contributed by atoms with Crippen molar-refractivity contribution in [2.24, 2.45) is 11.7 Å². The summed E-state index contributed by atoms with van der Waals surface area (Å²) in [7, 11) is -4.04. The molecule has 126 valence electrons. The predicted molar refractivity (Wildman–Crippen MR) is 79.1 cm³/mol. The molecular weight excluding hydrogens is 341 g/mol. The molecule has 0 heterocycles. The quantitative estimate of drug-likeness (QED) is 0.821. The van der Waals surface area contributed by atoms with Crippen LogP contribution in [0.4, 0.5) is 13.2 Å². The summed E-state index contributed by atoms with van der Waals surface area (Å²) in [5.74, 6) is 0.208. The predicted octanol–water partition coefficient (Wildman–Crippen LogP) is 3.01. The van der Waals surface area contributed by atoms with Crippen molar-refractivity contribution in [3.8, 4) is 0 Å². The molecule has 3 N–H and O–H groups in total. The third kappa shape index (κ3) is 5.12. The van der Waals surface area contributed by atoms with Crippen LogP contribution in [0.15, 0.2) is 23.1 Å². The third-order valence-corrected chi connectivity index (χ3v) is 4.91. The van der Waals surface area contributed by atoms with E-state index in [1.165, 1.54) is 0 Å². The Hall–Kier alpha value is -0.830. The van der Waals surface area contributed by atoms with Crippen molar-refractivity contribution in [1.29, 1.82) is 0 Å². The van der Waals surface area contributed by atoms with Crippen molar-refractivity contribution in [3.05, 3.63) is 28.8 Å². The molecule has 1 atom stereocenters. The Balaban J connectivity index is 3.08. The summed E-state index contributed by atoms with van der Waals surface area (Å²) >= 11 is 5.70. The molecule has 0 spiro atoms. The van der Waals surface area contributed by atoms with Gasteiger partial charge in [-0.15, -0.1) is 0 Å². The normalized spacial score (nSPS) is 14.4. The van der Waals surface area contributed by atoms with Gasteiger partial charge in [-0.3, -0.25) is 0 Å². The Bertz CT molecular complexity index is 618. The molecule has 0 amide bonds. The Kier molecular flexibility index (Phi) is 6.26. The summed E-state index contributed by atoms with van der Waals surface area (Å²) in [4.78, 5) is -0.399. The number of nitrogens with one attached hydrogen (secondary N) is 1. The van der Waals surface area contributed by atoms with Crippen LogP contribution in [0.2, 0.25) is 5.02 Å². The molecule has 0 aliphatic rings. The number of rotatable bonds is 6. The van der Waals surface area contributed by atoms with Gasteiger partial charge in [0, 0.05) is 12.6 Å². The monoisotopic (exact) mass is 358 g/mol. The lowest BCUT2D eigenvalue weighted by Crippen LogP contribution is -2.41. The molecule has 0 bridgehead atoms. The molecule has 1 rings (SSSR count). The number of sulfonamides is 1. The van der Waals surface area contributed by atoms with Crippen molar-refractivity contribution in [1.82, 2.24) is 4.72 Å². The first-order chi connectivity index (χ1) is 9.97. The first-order valence-electron chi connectivity index (χ1n) is 6.56. The summed E-state index contributed by atoms with van der Waals surface area (Å²) in [5.41, 5.74) is 4.51. The van der Waals surface area contributed by atoms with Crippen LogP contribution < -0.4 is 10.5 Å². The lowest BCUT2D eigenvalue weighted by atomic mass is 10.1. The van der Waals surface area contributed by atoms with E-state index in [-0.39, 0.29) is 12.5 Å². The minimum absolute atomic E-state index is 0.0790. The van der Waals surface area contributed by atoms with Crippen LogP contribution in [0.5, 0.6) is 0 Å². The maximum atomic E-state index is 12.6. The minimum atomic E-state index is -4.59. The maximum Gasteiger partial charge on any atom is 0.416 e. The van der Waals surface area contributed by atoms with E-state index >= 15 is 0 Å². The largest absolute Gasteiger partial charge is 0.416 e. The smallest absolute Gasteiger partial charge is 0.329 e. The zero-order valence-electron chi connectivity index (χ0n) is 12.1. The molecule has 1 aromatic carbocycles. The van der Waals surface area contributed by atoms with E-state index in [1.807, 2.05) is 13.8 Å². The van der Waals surface area contributed by atoms with Crippen molar-refractivity contribution in [2.75, 3.05) is 6.54 Å². The van der Waals surface area contributed by atoms with Gasteiger partial charge in [0.25, 0.3) is 0 Å². The number of halogens is 4. The highest BCUT2D eigenvalue weighted by molar-refractivity contribution is 7.89. The van der Waals surface area contributed by atoms with Gasteiger partial charge in [-0.05, 0) is 30.5 Å². The number of benzene rings is 1. The van der Waals surface area contributed by atoms with Crippen LogP contribution in [0.3, 0.4) is 0 Å². The van der Waals surface area contributed by atoms with Crippen LogP contribution >= 0.6 is 11.6 Å². The number of nitrogens with two attached hydrogens (primary N) is 1. The fourth-order valence-corrected chi connectivity index (χ4v) is 3.75. The van der Waals surface area contributed by atoms with Crippen LogP contribution in [0.25, 0.3) is 0 Å². The third-order valence-electron chi connectivity index (χ3n) is 2.91. The molecule has 0 saturated heterocycles. The second-order valence-electron chi connectivity index (χ2n) is 5.33. The van der Waals surface area contributed by atoms with Crippen molar-refractivity contribution in [3.63, 3.8) is 0 Å². The van der Waals surface area contributed by atoms with E-state index in [0.29, 0.717) is 18.6 Å². The fraction of sp³-hybridized carbons (Fsp3) is 0.538. The lowest BCUT2D eigenvalue weighted by molar-refractivity contribution is -0.137. The van der Waals surface area contributed by atoms with Gasteiger partial charge in [0.1, 0.15) is 4.90 Å². The molecule has 0 aliphatic carbocycles. The Morgan fingerprint density at radius 1 is 1.32 bits per heavy atom. The summed E-state index contributed by atoms with van der Waals surface area (Å²) in [5, 5.41) is -0.484. The van der Waals surface area contributed by atoms with Crippen LogP contribution in [0.1, 0.15) is 25.8 Å². The molecule has 0 fully saturated rings. The number of hydrogen-bond acceptors (Lipinski definition) is 3. The van der Waals surface area contributed by atoms with Crippen molar-refractivity contribution >= 4 is 21.6 Å². The van der Waals surface area contributed by atoms with Gasteiger partial charge in [-0.25, -0.2) is 13.1 Å². The van der Waals surface area contributed by atoms with Crippen LogP contribution in [0, 0.1) is 5.92 Å². The van der Waals surface area contributed by atoms with Gasteiger partial charge in [0.15, 0.2) is 0 Å². The molecule has 22 heavy (non-hydrogen) atoms. The first-order valence-corrected chi connectivity index (χ1v) is 8.42. The van der Waals surface area contributed by atoms with Crippen molar-refractivity contribution in [2.45, 2.75) is 37.4 Å². The Labute approximate surface area is 132 Å². The molecule has 1 aromatic rings. The number of hydrogen-bond donors (Lipinski definition) is 2. The SMILES string of the molecule is CC(C)C[C@@H](CN)NS(=O)(=O)c1ccc(C(F)(F)F)cc1Cl. The maximum absolute atomic E-state index is 12.6. The Morgan fingerprint density at radius 2 is 1.91 bits per heavy atom. The van der Waals surface area contributed by atoms with Crippen LogP contribution in [-0.2, 0) is 16.2 Å². The summed E-state index contributed by atoms with van der Waals surface area (Å²) in [6.45, 7) is 3.89. The highest BCUT2D eigenvalue weighted by Gasteiger charge is 2.32. The van der Waals surface area contributed by atoms with Gasteiger partial charge >= 0.3 is 6.18 Å². The highest BCUT2D eigenvalue weighted by Crippen LogP contribution is 2.33. The highest BCUT2D eigenvalue weighted by atomic mass is 35.5. The first kappa shape index (κ1) is 19.2. The topological polar surface area (TPSA) is 72.2 Å². The molecular formula is C13H18ClF3N2O2S. The van der Waals surface area contributed by atoms with E-state index < -0.39 is 37.7 Å². The fourth-order valence-electron chi connectivity index (χ4n) is 1.94. The van der Waals surface area contributed by atoms with E-state index in [1.54, 1.807) is 0 Å². The minimum Gasteiger partial charge on any atom is -0.329 e. The average molecular weight is 359 g/mol. The summed E-state index contributed by atoms with van der Waals surface area (Å²) < 4.78 is 64.5. The lowest BCUT2D eigenvalue weighted by Gasteiger charge is -2.19. The second kappa shape index (κ2) is 7.16. The second-order valence-corrected chi connectivity index (χ2v) is 7.42. The molecule has 0 saturated carbocycles. The van der Waals surface area contributed by atoms with Crippen molar-refractivity contribution < 1.29 is 21.6 Å².